The lowest BCUT2D eigenvalue weighted by Gasteiger charge is -2.36. The molecule has 0 aromatic carbocycles. The van der Waals surface area contributed by atoms with Crippen LogP contribution in [-0.4, -0.2) is 59.7 Å². The van der Waals surface area contributed by atoms with Crippen molar-refractivity contribution in [3.63, 3.8) is 0 Å². The topological polar surface area (TPSA) is 94.9 Å². The van der Waals surface area contributed by atoms with E-state index < -0.39 is 34.8 Å². The largest absolute Gasteiger partial charge is 0.412 e. The summed E-state index contributed by atoms with van der Waals surface area (Å²) in [6.45, 7) is 16.6. The monoisotopic (exact) mass is 389 g/mol. The fraction of sp³-hybridized carbons (Fsp3) is 1.00. The lowest BCUT2D eigenvalue weighted by Crippen LogP contribution is -2.51. The quantitative estimate of drug-likeness (QED) is 0.287. The van der Waals surface area contributed by atoms with E-state index in [1.165, 1.54) is 0 Å². The van der Waals surface area contributed by atoms with Gasteiger partial charge in [0.05, 0.1) is 12.6 Å². The third-order valence-electron chi connectivity index (χ3n) is 3.71. The Balaban J connectivity index is 2.27. The first kappa shape index (κ1) is 20.9. The predicted octanol–water partition coefficient (Wildman–Crippen LogP) is 3.61. The summed E-state index contributed by atoms with van der Waals surface area (Å²) in [5.41, 5.74) is 8.74. The molecule has 2 heterocycles. The van der Waals surface area contributed by atoms with E-state index in [0.29, 0.717) is 0 Å². The van der Waals surface area contributed by atoms with Crippen LogP contribution in [0.25, 0.3) is 10.4 Å². The maximum Gasteiger partial charge on any atom is 0.190 e. The third kappa shape index (κ3) is 5.76. The van der Waals surface area contributed by atoms with Gasteiger partial charge in [-0.05, 0) is 58.7 Å². The van der Waals surface area contributed by atoms with Crippen LogP contribution in [0.1, 0.15) is 13.8 Å². The minimum Gasteiger partial charge on any atom is -0.412 e. The van der Waals surface area contributed by atoms with Crippen molar-refractivity contribution in [3.8, 4) is 0 Å². The normalized spacial score (nSPS) is 33.0. The van der Waals surface area contributed by atoms with Crippen molar-refractivity contribution < 1.29 is 23.1 Å². The summed E-state index contributed by atoms with van der Waals surface area (Å²) >= 11 is 0. The van der Waals surface area contributed by atoms with E-state index in [9.17, 15) is 0 Å². The summed E-state index contributed by atoms with van der Waals surface area (Å²) in [6, 6.07) is 0. The summed E-state index contributed by atoms with van der Waals surface area (Å²) in [6.07, 6.45) is -1.90. The summed E-state index contributed by atoms with van der Waals surface area (Å²) in [5, 5.41) is 3.73. The summed E-state index contributed by atoms with van der Waals surface area (Å²) in [7, 11) is -3.75. The lowest BCUT2D eigenvalue weighted by atomic mass is 10.1. The Morgan fingerprint density at radius 1 is 1.12 bits per heavy atom. The smallest absolute Gasteiger partial charge is 0.190 e. The average Bonchev–Trinajstić information content (AvgIpc) is 2.85. The minimum absolute atomic E-state index is 0.194. The summed E-state index contributed by atoms with van der Waals surface area (Å²) in [5.74, 6) is -0.707. The van der Waals surface area contributed by atoms with Gasteiger partial charge < -0.3 is 23.1 Å². The van der Waals surface area contributed by atoms with E-state index in [1.54, 1.807) is 0 Å². The zero-order chi connectivity index (χ0) is 19.0. The van der Waals surface area contributed by atoms with Crippen molar-refractivity contribution in [2.45, 2.75) is 89.6 Å². The van der Waals surface area contributed by atoms with Crippen molar-refractivity contribution in [1.29, 1.82) is 0 Å². The van der Waals surface area contributed by atoms with E-state index in [2.05, 4.69) is 49.3 Å². The molecule has 0 amide bonds. The van der Waals surface area contributed by atoms with Gasteiger partial charge in [-0.15, -0.1) is 0 Å². The van der Waals surface area contributed by atoms with E-state index in [-0.39, 0.29) is 24.9 Å². The van der Waals surface area contributed by atoms with Gasteiger partial charge in [0.25, 0.3) is 0 Å². The molecule has 2 fully saturated rings. The van der Waals surface area contributed by atoms with Crippen molar-refractivity contribution >= 4 is 16.6 Å². The number of hydrogen-bond acceptors (Lipinski definition) is 6. The van der Waals surface area contributed by atoms with Gasteiger partial charge in [0, 0.05) is 4.91 Å². The highest BCUT2D eigenvalue weighted by Gasteiger charge is 2.58. The molecular weight excluding hydrogens is 358 g/mol. The van der Waals surface area contributed by atoms with Crippen molar-refractivity contribution in [2.24, 2.45) is 5.11 Å². The third-order valence-corrected chi connectivity index (χ3v) is 5.70. The first-order valence-electron chi connectivity index (χ1n) is 8.69. The number of rotatable bonds is 7. The van der Waals surface area contributed by atoms with Gasteiger partial charge in [0.15, 0.2) is 28.7 Å². The van der Waals surface area contributed by atoms with Gasteiger partial charge in [-0.1, -0.05) is 5.11 Å². The van der Waals surface area contributed by atoms with Crippen LogP contribution >= 0.6 is 0 Å². The average molecular weight is 390 g/mol. The zero-order valence-electron chi connectivity index (χ0n) is 16.5. The van der Waals surface area contributed by atoms with Gasteiger partial charge in [-0.3, -0.25) is 0 Å². The van der Waals surface area contributed by atoms with Crippen molar-refractivity contribution in [1.82, 2.24) is 0 Å². The SMILES string of the molecule is CC1(C)O[C@H]2O[C@H]([C@@H](CN=[N+]=[N-])O[Si](C)(C)C)[C@H](O[Si](C)(C)C)[C@H]2O1. The molecule has 10 heteroatoms. The molecule has 25 heavy (non-hydrogen) atoms. The molecule has 0 unspecified atom stereocenters. The van der Waals surface area contributed by atoms with Gasteiger partial charge >= 0.3 is 0 Å². The van der Waals surface area contributed by atoms with Crippen LogP contribution in [0.4, 0.5) is 0 Å². The molecule has 2 rings (SSSR count). The first-order valence-corrected chi connectivity index (χ1v) is 15.5. The Kier molecular flexibility index (Phi) is 6.07. The van der Waals surface area contributed by atoms with Crippen LogP contribution in [0.2, 0.25) is 39.3 Å². The maximum atomic E-state index is 8.74. The number of hydrogen-bond donors (Lipinski definition) is 0. The molecule has 0 bridgehead atoms. The molecule has 0 aliphatic carbocycles. The standard InChI is InChI=1S/C15H31N3O5Si2/c1-15(2)20-13-12(23-25(6,7)8)11(19-14(13)21-15)10(9-17-18-16)22-24(3,4)5/h10-14H,9H2,1-8H3/t10-,11-,12+,13-,14-/m1/s1. The Morgan fingerprint density at radius 3 is 2.28 bits per heavy atom. The fourth-order valence-electron chi connectivity index (χ4n) is 3.13. The van der Waals surface area contributed by atoms with Crippen LogP contribution in [-0.2, 0) is 23.1 Å². The van der Waals surface area contributed by atoms with Gasteiger partial charge in [0.1, 0.15) is 18.3 Å². The second-order valence-electron chi connectivity index (χ2n) is 8.95. The molecule has 0 N–H and O–H groups in total. The van der Waals surface area contributed by atoms with Crippen LogP contribution in [0.5, 0.6) is 0 Å². The van der Waals surface area contributed by atoms with E-state index in [4.69, 9.17) is 28.6 Å². The second-order valence-corrected chi connectivity index (χ2v) is 17.9. The zero-order valence-corrected chi connectivity index (χ0v) is 18.5. The molecule has 5 atom stereocenters. The molecule has 2 aliphatic heterocycles. The number of fused-ring (bicyclic) bond motifs is 1. The molecular formula is C15H31N3O5Si2. The van der Waals surface area contributed by atoms with E-state index in [1.807, 2.05) is 13.8 Å². The molecule has 144 valence electrons. The van der Waals surface area contributed by atoms with E-state index in [0.717, 1.165) is 0 Å². The predicted molar refractivity (Wildman–Crippen MR) is 99.1 cm³/mol. The molecule has 0 aromatic heterocycles. The minimum atomic E-state index is -1.88. The summed E-state index contributed by atoms with van der Waals surface area (Å²) < 4.78 is 30.7. The number of azide groups is 1. The van der Waals surface area contributed by atoms with Crippen molar-refractivity contribution in [2.75, 3.05) is 6.54 Å². The highest BCUT2D eigenvalue weighted by Crippen LogP contribution is 2.41. The molecule has 8 nitrogen and oxygen atoms in total. The van der Waals surface area contributed by atoms with E-state index >= 15 is 0 Å². The highest BCUT2D eigenvalue weighted by molar-refractivity contribution is 6.70. The number of nitrogens with zero attached hydrogens (tertiary/aromatic N) is 3. The molecule has 2 aliphatic rings. The number of ether oxygens (including phenoxy) is 3. The van der Waals surface area contributed by atoms with Gasteiger partial charge in [0.2, 0.25) is 0 Å². The fourth-order valence-corrected chi connectivity index (χ4v) is 5.33. The Morgan fingerprint density at radius 2 is 1.76 bits per heavy atom. The van der Waals surface area contributed by atoms with Crippen LogP contribution in [0.3, 0.4) is 0 Å². The second kappa shape index (κ2) is 7.28. The Labute approximate surface area is 152 Å². The maximum absolute atomic E-state index is 8.74. The molecule has 0 radical (unpaired) electrons. The highest BCUT2D eigenvalue weighted by atomic mass is 28.4. The molecule has 0 saturated carbocycles. The lowest BCUT2D eigenvalue weighted by molar-refractivity contribution is -0.222. The van der Waals surface area contributed by atoms with Crippen LogP contribution < -0.4 is 0 Å². The molecule has 0 aromatic rings. The Bertz CT molecular complexity index is 528. The molecule has 0 spiro atoms. The Hall–Kier alpha value is -0.456. The van der Waals surface area contributed by atoms with Crippen LogP contribution in [0, 0.1) is 0 Å². The summed E-state index contributed by atoms with van der Waals surface area (Å²) in [4.78, 5) is 2.88. The van der Waals surface area contributed by atoms with Crippen LogP contribution in [0.15, 0.2) is 5.11 Å². The first-order chi connectivity index (χ1) is 11.3. The molecule has 2 saturated heterocycles. The van der Waals surface area contributed by atoms with Gasteiger partial charge in [-0.2, -0.15) is 0 Å². The van der Waals surface area contributed by atoms with Crippen molar-refractivity contribution in [3.05, 3.63) is 10.4 Å². The van der Waals surface area contributed by atoms with Gasteiger partial charge in [-0.25, -0.2) is 0 Å².